The predicted molar refractivity (Wildman–Crippen MR) is 75.5 cm³/mol. The average molecular weight is 251 g/mol. The van der Waals surface area contributed by atoms with Crippen LogP contribution in [0.1, 0.15) is 27.2 Å². The highest BCUT2D eigenvalue weighted by atomic mass is 16.5. The van der Waals surface area contributed by atoms with Crippen LogP contribution in [0.5, 0.6) is 11.5 Å². The standard InChI is InChI=1S/C15H25NO2/c1-4-16(5-2)11-8-12-18-15-10-7-9-14(13-15)17-6-3/h7,9-10,13H,4-6,8,11-12H2,1-3H3. The topological polar surface area (TPSA) is 21.7 Å². The van der Waals surface area contributed by atoms with Crippen molar-refractivity contribution in [3.8, 4) is 11.5 Å². The molecule has 3 heteroatoms. The normalized spacial score (nSPS) is 10.7. The lowest BCUT2D eigenvalue weighted by Gasteiger charge is -2.17. The number of rotatable bonds is 9. The van der Waals surface area contributed by atoms with Crippen LogP contribution < -0.4 is 9.47 Å². The summed E-state index contributed by atoms with van der Waals surface area (Å²) in [5.74, 6) is 1.76. The monoisotopic (exact) mass is 251 g/mol. The molecule has 0 heterocycles. The molecular weight excluding hydrogens is 226 g/mol. The van der Waals surface area contributed by atoms with Crippen LogP contribution in [0.3, 0.4) is 0 Å². The van der Waals surface area contributed by atoms with E-state index >= 15 is 0 Å². The summed E-state index contributed by atoms with van der Waals surface area (Å²) in [4.78, 5) is 2.40. The first-order valence-electron chi connectivity index (χ1n) is 6.88. The van der Waals surface area contributed by atoms with E-state index in [1.807, 2.05) is 31.2 Å². The second kappa shape index (κ2) is 8.81. The Bertz CT molecular complexity index is 324. The molecule has 1 aromatic carbocycles. The summed E-state index contributed by atoms with van der Waals surface area (Å²) in [6.07, 6.45) is 1.06. The first-order valence-corrected chi connectivity index (χ1v) is 6.88. The Labute approximate surface area is 111 Å². The highest BCUT2D eigenvalue weighted by Gasteiger charge is 2.00. The second-order valence-corrected chi connectivity index (χ2v) is 4.14. The smallest absolute Gasteiger partial charge is 0.122 e. The van der Waals surface area contributed by atoms with Gasteiger partial charge < -0.3 is 14.4 Å². The zero-order valence-corrected chi connectivity index (χ0v) is 11.8. The summed E-state index contributed by atoms with van der Waals surface area (Å²) in [6, 6.07) is 7.83. The quantitative estimate of drug-likeness (QED) is 0.629. The van der Waals surface area contributed by atoms with E-state index in [9.17, 15) is 0 Å². The maximum absolute atomic E-state index is 5.73. The van der Waals surface area contributed by atoms with Crippen LogP contribution in [0.2, 0.25) is 0 Å². The highest BCUT2D eigenvalue weighted by molar-refractivity contribution is 5.32. The van der Waals surface area contributed by atoms with Gasteiger partial charge in [0.1, 0.15) is 11.5 Å². The van der Waals surface area contributed by atoms with Crippen molar-refractivity contribution in [2.75, 3.05) is 32.8 Å². The van der Waals surface area contributed by atoms with Crippen molar-refractivity contribution >= 4 is 0 Å². The third kappa shape index (κ3) is 5.41. The van der Waals surface area contributed by atoms with Crippen LogP contribution in [0.15, 0.2) is 24.3 Å². The van der Waals surface area contributed by atoms with E-state index in [4.69, 9.17) is 9.47 Å². The molecule has 102 valence electrons. The van der Waals surface area contributed by atoms with Crippen LogP contribution in [0.4, 0.5) is 0 Å². The fraction of sp³-hybridized carbons (Fsp3) is 0.600. The maximum atomic E-state index is 5.73. The molecule has 0 aromatic heterocycles. The largest absolute Gasteiger partial charge is 0.494 e. The van der Waals surface area contributed by atoms with E-state index in [1.165, 1.54) is 0 Å². The van der Waals surface area contributed by atoms with Gasteiger partial charge in [-0.05, 0) is 38.6 Å². The Morgan fingerprint density at radius 2 is 1.67 bits per heavy atom. The van der Waals surface area contributed by atoms with Crippen molar-refractivity contribution in [3.63, 3.8) is 0 Å². The minimum Gasteiger partial charge on any atom is -0.494 e. The summed E-state index contributed by atoms with van der Waals surface area (Å²) in [7, 11) is 0. The minimum absolute atomic E-state index is 0.686. The van der Waals surface area contributed by atoms with Gasteiger partial charge in [0.2, 0.25) is 0 Å². The number of hydrogen-bond donors (Lipinski definition) is 0. The molecule has 0 spiro atoms. The predicted octanol–water partition coefficient (Wildman–Crippen LogP) is 3.20. The van der Waals surface area contributed by atoms with E-state index in [1.54, 1.807) is 0 Å². The van der Waals surface area contributed by atoms with Gasteiger partial charge in [-0.3, -0.25) is 0 Å². The molecular formula is C15H25NO2. The van der Waals surface area contributed by atoms with Crippen molar-refractivity contribution in [2.45, 2.75) is 27.2 Å². The SMILES string of the molecule is CCOc1cccc(OCCCN(CC)CC)c1. The molecule has 0 saturated carbocycles. The molecule has 0 aliphatic heterocycles. The van der Waals surface area contributed by atoms with Gasteiger partial charge in [-0.15, -0.1) is 0 Å². The number of benzene rings is 1. The Kier molecular flexibility index (Phi) is 7.26. The van der Waals surface area contributed by atoms with E-state index in [-0.39, 0.29) is 0 Å². The van der Waals surface area contributed by atoms with Gasteiger partial charge in [0.25, 0.3) is 0 Å². The third-order valence-corrected chi connectivity index (χ3v) is 2.90. The van der Waals surface area contributed by atoms with E-state index in [0.29, 0.717) is 6.61 Å². The molecule has 18 heavy (non-hydrogen) atoms. The summed E-state index contributed by atoms with van der Waals surface area (Å²) < 4.78 is 11.2. The lowest BCUT2D eigenvalue weighted by Crippen LogP contribution is -2.25. The Balaban J connectivity index is 2.28. The van der Waals surface area contributed by atoms with Crippen molar-refractivity contribution < 1.29 is 9.47 Å². The number of ether oxygens (including phenoxy) is 2. The molecule has 0 unspecified atom stereocenters. The Morgan fingerprint density at radius 1 is 1.00 bits per heavy atom. The number of nitrogens with zero attached hydrogens (tertiary/aromatic N) is 1. The van der Waals surface area contributed by atoms with Crippen LogP contribution in [0, 0.1) is 0 Å². The molecule has 0 amide bonds. The van der Waals surface area contributed by atoms with E-state index in [0.717, 1.165) is 44.2 Å². The van der Waals surface area contributed by atoms with Crippen LogP contribution in [-0.2, 0) is 0 Å². The Morgan fingerprint density at radius 3 is 2.28 bits per heavy atom. The first kappa shape index (κ1) is 14.8. The summed E-state index contributed by atoms with van der Waals surface area (Å²) >= 11 is 0. The molecule has 0 saturated heterocycles. The van der Waals surface area contributed by atoms with Gasteiger partial charge in [-0.1, -0.05) is 19.9 Å². The van der Waals surface area contributed by atoms with Crippen LogP contribution >= 0.6 is 0 Å². The fourth-order valence-corrected chi connectivity index (χ4v) is 1.84. The summed E-state index contributed by atoms with van der Waals surface area (Å²) in [5.41, 5.74) is 0. The molecule has 0 fully saturated rings. The van der Waals surface area contributed by atoms with Crippen molar-refractivity contribution in [3.05, 3.63) is 24.3 Å². The first-order chi connectivity index (χ1) is 8.80. The van der Waals surface area contributed by atoms with Crippen molar-refractivity contribution in [1.29, 1.82) is 0 Å². The summed E-state index contributed by atoms with van der Waals surface area (Å²) in [6.45, 7) is 11.1. The molecule has 0 radical (unpaired) electrons. The molecule has 1 aromatic rings. The molecule has 0 N–H and O–H groups in total. The van der Waals surface area contributed by atoms with Crippen molar-refractivity contribution in [1.82, 2.24) is 4.90 Å². The lowest BCUT2D eigenvalue weighted by atomic mass is 10.3. The average Bonchev–Trinajstić information content (AvgIpc) is 2.40. The van der Waals surface area contributed by atoms with Gasteiger partial charge in [0.05, 0.1) is 13.2 Å². The Hall–Kier alpha value is -1.22. The van der Waals surface area contributed by atoms with Gasteiger partial charge in [-0.25, -0.2) is 0 Å². The molecule has 0 aliphatic carbocycles. The van der Waals surface area contributed by atoms with Gasteiger partial charge in [0.15, 0.2) is 0 Å². The van der Waals surface area contributed by atoms with Crippen LogP contribution in [-0.4, -0.2) is 37.7 Å². The molecule has 1 rings (SSSR count). The van der Waals surface area contributed by atoms with Crippen molar-refractivity contribution in [2.24, 2.45) is 0 Å². The fourth-order valence-electron chi connectivity index (χ4n) is 1.84. The molecule has 3 nitrogen and oxygen atoms in total. The van der Waals surface area contributed by atoms with E-state index in [2.05, 4.69) is 18.7 Å². The van der Waals surface area contributed by atoms with Gasteiger partial charge in [-0.2, -0.15) is 0 Å². The zero-order chi connectivity index (χ0) is 13.2. The molecule has 0 atom stereocenters. The lowest BCUT2D eigenvalue weighted by molar-refractivity contribution is 0.248. The second-order valence-electron chi connectivity index (χ2n) is 4.14. The van der Waals surface area contributed by atoms with Gasteiger partial charge >= 0.3 is 0 Å². The van der Waals surface area contributed by atoms with E-state index < -0.39 is 0 Å². The minimum atomic E-state index is 0.686. The zero-order valence-electron chi connectivity index (χ0n) is 11.8. The molecule has 0 bridgehead atoms. The number of hydrogen-bond acceptors (Lipinski definition) is 3. The highest BCUT2D eigenvalue weighted by Crippen LogP contribution is 2.19. The molecule has 0 aliphatic rings. The van der Waals surface area contributed by atoms with Crippen LogP contribution in [0.25, 0.3) is 0 Å². The maximum Gasteiger partial charge on any atom is 0.122 e. The summed E-state index contributed by atoms with van der Waals surface area (Å²) in [5, 5.41) is 0. The third-order valence-electron chi connectivity index (χ3n) is 2.90. The van der Waals surface area contributed by atoms with Gasteiger partial charge in [0, 0.05) is 12.6 Å².